The Bertz CT molecular complexity index is 813. The first kappa shape index (κ1) is 18.1. The van der Waals surface area contributed by atoms with Crippen molar-refractivity contribution < 1.29 is 18.8 Å². The monoisotopic (exact) mass is 376 g/mol. The van der Waals surface area contributed by atoms with Crippen molar-refractivity contribution in [1.29, 1.82) is 0 Å². The Morgan fingerprint density at radius 3 is 2.96 bits per heavy atom. The number of anilines is 1. The zero-order valence-electron chi connectivity index (χ0n) is 14.4. The summed E-state index contributed by atoms with van der Waals surface area (Å²) in [5, 5.41) is 7.62. The summed E-state index contributed by atoms with van der Waals surface area (Å²) in [6.07, 6.45) is 2.33. The maximum Gasteiger partial charge on any atom is 0.245 e. The summed E-state index contributed by atoms with van der Waals surface area (Å²) >= 11 is 1.29. The van der Waals surface area contributed by atoms with Crippen LogP contribution in [0.3, 0.4) is 0 Å². The van der Waals surface area contributed by atoms with Crippen molar-refractivity contribution in [2.45, 2.75) is 32.7 Å². The van der Waals surface area contributed by atoms with Crippen molar-refractivity contribution in [1.82, 2.24) is 15.2 Å². The maximum atomic E-state index is 12.1. The molecule has 3 heterocycles. The van der Waals surface area contributed by atoms with Gasteiger partial charge in [0.05, 0.1) is 13.1 Å². The SMILES string of the molecule is CC(=O)NCc1ccc(-c2csc(NC(=O)CN3CCCCC3=O)n2)o1. The molecule has 3 rings (SSSR count). The summed E-state index contributed by atoms with van der Waals surface area (Å²) in [5.74, 6) is 0.819. The number of carbonyl (C=O) groups excluding carboxylic acids is 3. The topological polar surface area (TPSA) is 105 Å². The van der Waals surface area contributed by atoms with Crippen LogP contribution in [0.2, 0.25) is 0 Å². The number of rotatable bonds is 6. The first-order valence-electron chi connectivity index (χ1n) is 8.38. The highest BCUT2D eigenvalue weighted by Gasteiger charge is 2.21. The third kappa shape index (κ3) is 4.69. The number of furan rings is 1. The Morgan fingerprint density at radius 2 is 2.19 bits per heavy atom. The molecule has 26 heavy (non-hydrogen) atoms. The third-order valence-corrected chi connectivity index (χ3v) is 4.69. The smallest absolute Gasteiger partial charge is 0.245 e. The van der Waals surface area contributed by atoms with Gasteiger partial charge in [-0.05, 0) is 25.0 Å². The molecule has 0 aromatic carbocycles. The predicted molar refractivity (Wildman–Crippen MR) is 96.4 cm³/mol. The number of thiazole rings is 1. The van der Waals surface area contributed by atoms with Crippen molar-refractivity contribution >= 4 is 34.2 Å². The molecule has 2 N–H and O–H groups in total. The molecule has 1 saturated heterocycles. The normalized spacial score (nSPS) is 14.3. The molecular formula is C17H20N4O4S. The van der Waals surface area contributed by atoms with Gasteiger partial charge in [0.1, 0.15) is 11.5 Å². The molecule has 0 aliphatic carbocycles. The number of hydrogen-bond acceptors (Lipinski definition) is 6. The van der Waals surface area contributed by atoms with Gasteiger partial charge in [0.15, 0.2) is 10.9 Å². The van der Waals surface area contributed by atoms with Crippen LogP contribution in [0, 0.1) is 0 Å². The van der Waals surface area contributed by atoms with Crippen LogP contribution < -0.4 is 10.6 Å². The Labute approximate surface area is 154 Å². The van der Waals surface area contributed by atoms with Crippen molar-refractivity contribution in [2.24, 2.45) is 0 Å². The number of nitrogens with one attached hydrogen (secondary N) is 2. The molecule has 2 aromatic rings. The number of nitrogens with zero attached hydrogens (tertiary/aromatic N) is 2. The van der Waals surface area contributed by atoms with Crippen molar-refractivity contribution in [3.05, 3.63) is 23.3 Å². The molecule has 0 atom stereocenters. The average Bonchev–Trinajstić information content (AvgIpc) is 3.24. The molecule has 3 amide bonds. The van der Waals surface area contributed by atoms with Gasteiger partial charge in [-0.2, -0.15) is 0 Å². The van der Waals surface area contributed by atoms with Crippen molar-refractivity contribution in [3.63, 3.8) is 0 Å². The minimum atomic E-state index is -0.257. The lowest BCUT2D eigenvalue weighted by Gasteiger charge is -2.25. The lowest BCUT2D eigenvalue weighted by Crippen LogP contribution is -2.40. The summed E-state index contributed by atoms with van der Waals surface area (Å²) in [4.78, 5) is 40.7. The fraction of sp³-hybridized carbons (Fsp3) is 0.412. The minimum Gasteiger partial charge on any atom is -0.458 e. The quantitative estimate of drug-likeness (QED) is 0.802. The van der Waals surface area contributed by atoms with Crippen LogP contribution in [0.1, 0.15) is 31.9 Å². The van der Waals surface area contributed by atoms with E-state index in [4.69, 9.17) is 4.42 Å². The van der Waals surface area contributed by atoms with E-state index in [1.54, 1.807) is 22.4 Å². The predicted octanol–water partition coefficient (Wildman–Crippen LogP) is 1.99. The second-order valence-electron chi connectivity index (χ2n) is 6.03. The van der Waals surface area contributed by atoms with Gasteiger partial charge in [0.2, 0.25) is 17.7 Å². The molecule has 0 bridgehead atoms. The van der Waals surface area contributed by atoms with Crippen LogP contribution in [0.4, 0.5) is 5.13 Å². The molecule has 1 aliphatic rings. The molecule has 0 saturated carbocycles. The van der Waals surface area contributed by atoms with Crippen molar-refractivity contribution in [3.8, 4) is 11.5 Å². The van der Waals surface area contributed by atoms with E-state index in [1.807, 2.05) is 0 Å². The lowest BCUT2D eigenvalue weighted by molar-refractivity contribution is -0.136. The van der Waals surface area contributed by atoms with Crippen LogP contribution in [0.5, 0.6) is 0 Å². The molecule has 0 spiro atoms. The molecule has 138 valence electrons. The minimum absolute atomic E-state index is 0.0218. The molecule has 0 unspecified atom stereocenters. The molecule has 2 aromatic heterocycles. The number of carbonyl (C=O) groups is 3. The first-order valence-corrected chi connectivity index (χ1v) is 9.26. The fourth-order valence-electron chi connectivity index (χ4n) is 2.63. The van der Waals surface area contributed by atoms with E-state index >= 15 is 0 Å². The van der Waals surface area contributed by atoms with Crippen molar-refractivity contribution in [2.75, 3.05) is 18.4 Å². The van der Waals surface area contributed by atoms with Gasteiger partial charge in [-0.15, -0.1) is 11.3 Å². The third-order valence-electron chi connectivity index (χ3n) is 3.93. The van der Waals surface area contributed by atoms with Gasteiger partial charge in [0, 0.05) is 25.3 Å². The number of likely N-dealkylation sites (tertiary alicyclic amines) is 1. The van der Waals surface area contributed by atoms with E-state index in [1.165, 1.54) is 18.3 Å². The van der Waals surface area contributed by atoms with Gasteiger partial charge >= 0.3 is 0 Å². The van der Waals surface area contributed by atoms with E-state index in [2.05, 4.69) is 15.6 Å². The second-order valence-corrected chi connectivity index (χ2v) is 6.89. The number of hydrogen-bond donors (Lipinski definition) is 2. The maximum absolute atomic E-state index is 12.1. The Morgan fingerprint density at radius 1 is 1.35 bits per heavy atom. The number of amides is 3. The van der Waals surface area contributed by atoms with Crippen LogP contribution in [0.25, 0.3) is 11.5 Å². The van der Waals surface area contributed by atoms with E-state index < -0.39 is 0 Å². The molecule has 9 heteroatoms. The Kier molecular flexibility index (Phi) is 5.67. The average molecular weight is 376 g/mol. The van der Waals surface area contributed by atoms with Gasteiger partial charge in [0.25, 0.3) is 0 Å². The van der Waals surface area contributed by atoms with Gasteiger partial charge in [-0.25, -0.2) is 4.98 Å². The highest BCUT2D eigenvalue weighted by atomic mass is 32.1. The molecular weight excluding hydrogens is 356 g/mol. The van der Waals surface area contributed by atoms with E-state index in [0.717, 1.165) is 12.8 Å². The van der Waals surface area contributed by atoms with Gasteiger partial charge in [-0.3, -0.25) is 14.4 Å². The van der Waals surface area contributed by atoms with E-state index in [9.17, 15) is 14.4 Å². The zero-order valence-corrected chi connectivity index (χ0v) is 15.2. The summed E-state index contributed by atoms with van der Waals surface area (Å²) in [5.41, 5.74) is 0.605. The highest BCUT2D eigenvalue weighted by molar-refractivity contribution is 7.14. The Hall–Kier alpha value is -2.68. The number of piperidine rings is 1. The van der Waals surface area contributed by atoms with Gasteiger partial charge in [-0.1, -0.05) is 0 Å². The number of aromatic nitrogens is 1. The Balaban J connectivity index is 1.56. The first-order chi connectivity index (χ1) is 12.5. The van der Waals surface area contributed by atoms with Crippen LogP contribution in [-0.2, 0) is 20.9 Å². The standard InChI is InChI=1S/C17H20N4O4S/c1-11(22)18-8-12-5-6-14(25-12)13-10-26-17(19-13)20-15(23)9-21-7-3-2-4-16(21)24/h5-6,10H,2-4,7-9H2,1H3,(H,18,22)(H,19,20,23). The molecule has 0 radical (unpaired) electrons. The fourth-order valence-corrected chi connectivity index (χ4v) is 3.34. The summed E-state index contributed by atoms with van der Waals surface area (Å²) < 4.78 is 5.64. The van der Waals surface area contributed by atoms with Gasteiger partial charge < -0.3 is 20.0 Å². The zero-order chi connectivity index (χ0) is 18.5. The summed E-state index contributed by atoms with van der Waals surface area (Å²) in [6.45, 7) is 2.43. The van der Waals surface area contributed by atoms with E-state index in [0.29, 0.717) is 41.9 Å². The largest absolute Gasteiger partial charge is 0.458 e. The summed E-state index contributed by atoms with van der Waals surface area (Å²) in [6, 6.07) is 3.54. The highest BCUT2D eigenvalue weighted by Crippen LogP contribution is 2.26. The van der Waals surface area contributed by atoms with E-state index in [-0.39, 0.29) is 24.3 Å². The summed E-state index contributed by atoms with van der Waals surface area (Å²) in [7, 11) is 0. The second kappa shape index (κ2) is 8.13. The van der Waals surface area contributed by atoms with Crippen LogP contribution in [0.15, 0.2) is 21.9 Å². The molecule has 1 aliphatic heterocycles. The van der Waals surface area contributed by atoms with Crippen LogP contribution in [-0.4, -0.2) is 40.7 Å². The van der Waals surface area contributed by atoms with Crippen LogP contribution >= 0.6 is 11.3 Å². The lowest BCUT2D eigenvalue weighted by atomic mass is 10.1. The molecule has 1 fully saturated rings. The molecule has 8 nitrogen and oxygen atoms in total.